The fraction of sp³-hybridized carbons (Fsp3) is 0.769. The summed E-state index contributed by atoms with van der Waals surface area (Å²) in [5.41, 5.74) is 2.41. The van der Waals surface area contributed by atoms with E-state index >= 15 is 0 Å². The summed E-state index contributed by atoms with van der Waals surface area (Å²) in [6.07, 6.45) is 15.1. The highest BCUT2D eigenvalue weighted by Gasteiger charge is 2.59. The van der Waals surface area contributed by atoms with E-state index in [2.05, 4.69) is 44.2 Å². The van der Waals surface area contributed by atoms with Gasteiger partial charge in [-0.25, -0.2) is 0 Å². The fourth-order valence-electron chi connectivity index (χ4n) is 8.29. The molecule has 4 aliphatic carbocycles. The molecule has 0 saturated heterocycles. The van der Waals surface area contributed by atoms with Crippen LogP contribution in [0.2, 0.25) is 0 Å². The van der Waals surface area contributed by atoms with Crippen molar-refractivity contribution in [2.24, 2.45) is 34.5 Å². The zero-order chi connectivity index (χ0) is 18.5. The van der Waals surface area contributed by atoms with Crippen molar-refractivity contribution in [1.82, 2.24) is 0 Å². The second-order valence-electron chi connectivity index (χ2n) is 10.8. The van der Waals surface area contributed by atoms with Crippen LogP contribution in [0.25, 0.3) is 0 Å². The summed E-state index contributed by atoms with van der Waals surface area (Å²) in [6, 6.07) is 10.8. The summed E-state index contributed by atoms with van der Waals surface area (Å²) >= 11 is 0. The van der Waals surface area contributed by atoms with Crippen LogP contribution in [0.3, 0.4) is 0 Å². The molecule has 5 rings (SSSR count). The van der Waals surface area contributed by atoms with Gasteiger partial charge >= 0.3 is 0 Å². The number of ether oxygens (including phenoxy) is 1. The molecular weight excluding hydrogens is 328 g/mol. The molecule has 0 radical (unpaired) electrons. The SMILES string of the molecule is C[C@]12CCC3C(CC[C@H]4CCCC[C@]34C)C1CC[C@@H]2OCc1ccccc1. The lowest BCUT2D eigenvalue weighted by molar-refractivity contribution is -0.132. The van der Waals surface area contributed by atoms with Gasteiger partial charge in [0, 0.05) is 0 Å². The molecule has 1 aromatic rings. The molecule has 0 heterocycles. The fourth-order valence-corrected chi connectivity index (χ4v) is 8.29. The Morgan fingerprint density at radius 3 is 2.48 bits per heavy atom. The first kappa shape index (κ1) is 18.2. The Bertz CT molecular complexity index is 653. The average Bonchev–Trinajstić information content (AvgIpc) is 3.03. The molecule has 4 saturated carbocycles. The van der Waals surface area contributed by atoms with Gasteiger partial charge in [-0.15, -0.1) is 0 Å². The second-order valence-corrected chi connectivity index (χ2v) is 10.8. The Kier molecular flexibility index (Phi) is 4.66. The molecule has 1 aromatic carbocycles. The molecule has 7 atom stereocenters. The number of rotatable bonds is 3. The first-order chi connectivity index (χ1) is 13.1. The van der Waals surface area contributed by atoms with Crippen LogP contribution in [0.15, 0.2) is 30.3 Å². The van der Waals surface area contributed by atoms with Crippen LogP contribution in [-0.4, -0.2) is 6.10 Å². The van der Waals surface area contributed by atoms with Crippen LogP contribution >= 0.6 is 0 Å². The van der Waals surface area contributed by atoms with Gasteiger partial charge in [0.15, 0.2) is 0 Å². The molecule has 0 spiro atoms. The lowest BCUT2D eigenvalue weighted by Gasteiger charge is -2.60. The van der Waals surface area contributed by atoms with Crippen LogP contribution in [0.4, 0.5) is 0 Å². The number of hydrogen-bond donors (Lipinski definition) is 0. The van der Waals surface area contributed by atoms with Crippen molar-refractivity contribution in [3.63, 3.8) is 0 Å². The Hall–Kier alpha value is -0.820. The normalized spacial score (nSPS) is 46.4. The van der Waals surface area contributed by atoms with Crippen LogP contribution in [0.1, 0.15) is 83.6 Å². The standard InChI is InChI=1S/C26H38O/c1-25-16-7-6-10-20(25)11-12-21-22-13-14-24(26(22,2)17-15-23(21)25)27-18-19-8-4-3-5-9-19/h3-5,8-9,20-24H,6-7,10-18H2,1-2H3/t20-,21?,22?,23?,24+,25+,26+/m1/s1. The Morgan fingerprint density at radius 1 is 0.815 bits per heavy atom. The van der Waals surface area contributed by atoms with Crippen LogP contribution in [0, 0.1) is 34.5 Å². The third-order valence-electron chi connectivity index (χ3n) is 9.79. The summed E-state index contributed by atoms with van der Waals surface area (Å²) in [5.74, 6) is 3.93. The molecule has 0 amide bonds. The van der Waals surface area contributed by atoms with E-state index in [9.17, 15) is 0 Å². The topological polar surface area (TPSA) is 9.23 Å². The average molecular weight is 367 g/mol. The van der Waals surface area contributed by atoms with Gasteiger partial charge < -0.3 is 4.74 Å². The molecule has 0 N–H and O–H groups in total. The van der Waals surface area contributed by atoms with Gasteiger partial charge in [-0.2, -0.15) is 0 Å². The summed E-state index contributed by atoms with van der Waals surface area (Å²) in [6.45, 7) is 6.07. The van der Waals surface area contributed by atoms with Crippen molar-refractivity contribution < 1.29 is 4.74 Å². The first-order valence-corrected chi connectivity index (χ1v) is 11.8. The lowest BCUT2D eigenvalue weighted by atomic mass is 9.45. The number of hydrogen-bond acceptors (Lipinski definition) is 1. The third kappa shape index (κ3) is 2.91. The maximum atomic E-state index is 6.57. The minimum Gasteiger partial charge on any atom is -0.373 e. The minimum atomic E-state index is 0.424. The van der Waals surface area contributed by atoms with Crippen molar-refractivity contribution >= 4 is 0 Å². The highest BCUT2D eigenvalue weighted by Crippen LogP contribution is 2.66. The van der Waals surface area contributed by atoms with Gasteiger partial charge in [0.25, 0.3) is 0 Å². The zero-order valence-corrected chi connectivity index (χ0v) is 17.5. The smallest absolute Gasteiger partial charge is 0.0720 e. The highest BCUT2D eigenvalue weighted by molar-refractivity contribution is 5.14. The number of fused-ring (bicyclic) bond motifs is 5. The summed E-state index contributed by atoms with van der Waals surface area (Å²) in [7, 11) is 0. The van der Waals surface area contributed by atoms with Crippen LogP contribution in [0.5, 0.6) is 0 Å². The molecular formula is C26H38O. The Morgan fingerprint density at radius 2 is 1.63 bits per heavy atom. The second kappa shape index (κ2) is 6.90. The summed E-state index contributed by atoms with van der Waals surface area (Å²) < 4.78 is 6.57. The number of benzene rings is 1. The molecule has 0 aromatic heterocycles. The molecule has 0 bridgehead atoms. The van der Waals surface area contributed by atoms with Crippen molar-refractivity contribution in [1.29, 1.82) is 0 Å². The monoisotopic (exact) mass is 366 g/mol. The largest absolute Gasteiger partial charge is 0.373 e. The van der Waals surface area contributed by atoms with E-state index in [1.165, 1.54) is 69.8 Å². The van der Waals surface area contributed by atoms with E-state index in [-0.39, 0.29) is 0 Å². The summed E-state index contributed by atoms with van der Waals surface area (Å²) in [5, 5.41) is 0. The lowest BCUT2D eigenvalue weighted by Crippen LogP contribution is -2.53. The molecule has 4 aliphatic rings. The van der Waals surface area contributed by atoms with Crippen LogP contribution < -0.4 is 0 Å². The minimum absolute atomic E-state index is 0.424. The predicted molar refractivity (Wildman–Crippen MR) is 111 cm³/mol. The third-order valence-corrected chi connectivity index (χ3v) is 9.79. The van der Waals surface area contributed by atoms with Crippen molar-refractivity contribution in [3.05, 3.63) is 35.9 Å². The Balaban J connectivity index is 1.32. The van der Waals surface area contributed by atoms with E-state index in [4.69, 9.17) is 4.74 Å². The van der Waals surface area contributed by atoms with Crippen molar-refractivity contribution in [2.45, 2.75) is 90.8 Å². The van der Waals surface area contributed by atoms with Crippen molar-refractivity contribution in [3.8, 4) is 0 Å². The zero-order valence-electron chi connectivity index (χ0n) is 17.5. The molecule has 148 valence electrons. The van der Waals surface area contributed by atoms with Gasteiger partial charge in [-0.05, 0) is 91.4 Å². The Labute approximate surface area is 166 Å². The molecule has 0 aliphatic heterocycles. The first-order valence-electron chi connectivity index (χ1n) is 11.8. The van der Waals surface area contributed by atoms with E-state index in [0.29, 0.717) is 16.9 Å². The van der Waals surface area contributed by atoms with Crippen molar-refractivity contribution in [2.75, 3.05) is 0 Å². The molecule has 1 nitrogen and oxygen atoms in total. The van der Waals surface area contributed by atoms with Crippen LogP contribution in [-0.2, 0) is 11.3 Å². The van der Waals surface area contributed by atoms with Gasteiger partial charge in [-0.3, -0.25) is 0 Å². The van der Waals surface area contributed by atoms with E-state index in [1.807, 2.05) is 0 Å². The molecule has 4 fully saturated rings. The quantitative estimate of drug-likeness (QED) is 0.559. The van der Waals surface area contributed by atoms with Gasteiger partial charge in [0.2, 0.25) is 0 Å². The van der Waals surface area contributed by atoms with Gasteiger partial charge in [-0.1, -0.05) is 57.0 Å². The van der Waals surface area contributed by atoms with E-state index < -0.39 is 0 Å². The molecule has 1 heteroatoms. The predicted octanol–water partition coefficient (Wildman–Crippen LogP) is 7.00. The maximum absolute atomic E-state index is 6.57. The van der Waals surface area contributed by atoms with Gasteiger partial charge in [0.05, 0.1) is 12.7 Å². The highest BCUT2D eigenvalue weighted by atomic mass is 16.5. The maximum Gasteiger partial charge on any atom is 0.0720 e. The molecule has 3 unspecified atom stereocenters. The van der Waals surface area contributed by atoms with Gasteiger partial charge in [0.1, 0.15) is 0 Å². The summed E-state index contributed by atoms with van der Waals surface area (Å²) in [4.78, 5) is 0. The van der Waals surface area contributed by atoms with E-state index in [1.54, 1.807) is 0 Å². The van der Waals surface area contributed by atoms with E-state index in [0.717, 1.165) is 30.3 Å². The molecule has 27 heavy (non-hydrogen) atoms.